The number of carbonyl (C=O) groups excluding carboxylic acids is 1. The molecule has 0 aromatic heterocycles. The van der Waals surface area contributed by atoms with E-state index in [1.165, 1.54) is 0 Å². The molecule has 0 radical (unpaired) electrons. The number of para-hydroxylation sites is 1. The standard InChI is InChI=1S/C13H16ClNO2/c1-17-11-5-7-15(8-6-11)13-10(9-16)3-2-4-12(13)14/h2-4,9,11H,5-8H2,1H3. The zero-order chi connectivity index (χ0) is 12.3. The Kier molecular flexibility index (Phi) is 4.02. The van der Waals surface area contributed by atoms with E-state index in [9.17, 15) is 4.79 Å². The van der Waals surface area contributed by atoms with Crippen molar-refractivity contribution in [3.8, 4) is 0 Å². The van der Waals surface area contributed by atoms with E-state index in [2.05, 4.69) is 4.90 Å². The number of benzene rings is 1. The number of halogens is 1. The van der Waals surface area contributed by atoms with Crippen LogP contribution in [0.4, 0.5) is 5.69 Å². The Balaban J connectivity index is 2.20. The van der Waals surface area contributed by atoms with Crippen LogP contribution in [0.2, 0.25) is 5.02 Å². The Hall–Kier alpha value is -1.06. The normalized spacial score (nSPS) is 17.2. The summed E-state index contributed by atoms with van der Waals surface area (Å²) >= 11 is 6.18. The van der Waals surface area contributed by atoms with Crippen molar-refractivity contribution in [3.05, 3.63) is 28.8 Å². The second-order valence-corrected chi connectivity index (χ2v) is 4.62. The molecule has 92 valence electrons. The summed E-state index contributed by atoms with van der Waals surface area (Å²) in [5.74, 6) is 0. The minimum atomic E-state index is 0.327. The Labute approximate surface area is 106 Å². The fraction of sp³-hybridized carbons (Fsp3) is 0.462. The van der Waals surface area contributed by atoms with Crippen molar-refractivity contribution in [1.82, 2.24) is 0 Å². The van der Waals surface area contributed by atoms with Crippen LogP contribution in [0.25, 0.3) is 0 Å². The molecule has 3 nitrogen and oxygen atoms in total. The van der Waals surface area contributed by atoms with Gasteiger partial charge >= 0.3 is 0 Å². The van der Waals surface area contributed by atoms with Crippen LogP contribution in [0.5, 0.6) is 0 Å². The summed E-state index contributed by atoms with van der Waals surface area (Å²) in [6, 6.07) is 5.43. The molecule has 0 N–H and O–H groups in total. The number of rotatable bonds is 3. The van der Waals surface area contributed by atoms with E-state index >= 15 is 0 Å². The van der Waals surface area contributed by atoms with Gasteiger partial charge in [-0.15, -0.1) is 0 Å². The lowest BCUT2D eigenvalue weighted by Crippen LogP contribution is -2.37. The number of ether oxygens (including phenoxy) is 1. The number of methoxy groups -OCH3 is 1. The van der Waals surface area contributed by atoms with Gasteiger partial charge in [0.05, 0.1) is 16.8 Å². The van der Waals surface area contributed by atoms with Gasteiger partial charge in [-0.05, 0) is 25.0 Å². The Morgan fingerprint density at radius 2 is 2.12 bits per heavy atom. The third-order valence-corrected chi connectivity index (χ3v) is 3.54. The van der Waals surface area contributed by atoms with Crippen molar-refractivity contribution >= 4 is 23.6 Å². The van der Waals surface area contributed by atoms with Gasteiger partial charge in [0, 0.05) is 25.8 Å². The van der Waals surface area contributed by atoms with Gasteiger partial charge in [-0.3, -0.25) is 4.79 Å². The molecule has 1 aliphatic heterocycles. The molecule has 4 heteroatoms. The van der Waals surface area contributed by atoms with Crippen molar-refractivity contribution in [3.63, 3.8) is 0 Å². The SMILES string of the molecule is COC1CCN(c2c(Cl)cccc2C=O)CC1. The maximum Gasteiger partial charge on any atom is 0.152 e. The fourth-order valence-corrected chi connectivity index (χ4v) is 2.58. The summed E-state index contributed by atoms with van der Waals surface area (Å²) in [6.45, 7) is 1.76. The van der Waals surface area contributed by atoms with Crippen molar-refractivity contribution in [2.45, 2.75) is 18.9 Å². The zero-order valence-electron chi connectivity index (χ0n) is 9.86. The molecule has 0 unspecified atom stereocenters. The molecule has 0 spiro atoms. The number of hydrogen-bond donors (Lipinski definition) is 0. The summed E-state index contributed by atoms with van der Waals surface area (Å²) in [7, 11) is 1.74. The van der Waals surface area contributed by atoms with Gasteiger partial charge in [-0.1, -0.05) is 17.7 Å². The van der Waals surface area contributed by atoms with Crippen LogP contribution < -0.4 is 4.90 Å². The van der Waals surface area contributed by atoms with Gasteiger partial charge in [0.15, 0.2) is 6.29 Å². The number of anilines is 1. The number of piperidine rings is 1. The average Bonchev–Trinajstić information content (AvgIpc) is 2.38. The van der Waals surface area contributed by atoms with Crippen molar-refractivity contribution in [2.75, 3.05) is 25.1 Å². The molecule has 1 heterocycles. The van der Waals surface area contributed by atoms with E-state index in [1.54, 1.807) is 19.2 Å². The van der Waals surface area contributed by atoms with Gasteiger partial charge in [0.1, 0.15) is 0 Å². The van der Waals surface area contributed by atoms with Crippen molar-refractivity contribution in [1.29, 1.82) is 0 Å². The maximum absolute atomic E-state index is 11.0. The van der Waals surface area contributed by atoms with Crippen LogP contribution in [0.15, 0.2) is 18.2 Å². The minimum Gasteiger partial charge on any atom is -0.381 e. The van der Waals surface area contributed by atoms with Crippen LogP contribution in [-0.2, 0) is 4.74 Å². The first-order valence-electron chi connectivity index (χ1n) is 5.77. The van der Waals surface area contributed by atoms with Crippen molar-refractivity contribution in [2.24, 2.45) is 0 Å². The van der Waals surface area contributed by atoms with E-state index < -0.39 is 0 Å². The maximum atomic E-state index is 11.0. The second-order valence-electron chi connectivity index (χ2n) is 4.22. The zero-order valence-corrected chi connectivity index (χ0v) is 10.6. The van der Waals surface area contributed by atoms with E-state index in [0.29, 0.717) is 16.7 Å². The molecule has 1 saturated heterocycles. The predicted octanol–water partition coefficient (Wildman–Crippen LogP) is 2.77. The highest BCUT2D eigenvalue weighted by Crippen LogP contribution is 2.31. The lowest BCUT2D eigenvalue weighted by atomic mass is 10.1. The molecule has 0 saturated carbocycles. The molecule has 0 atom stereocenters. The summed E-state index contributed by atoms with van der Waals surface area (Å²) in [6.07, 6.45) is 3.14. The second kappa shape index (κ2) is 5.52. The highest BCUT2D eigenvalue weighted by Gasteiger charge is 2.22. The highest BCUT2D eigenvalue weighted by molar-refractivity contribution is 6.33. The number of aldehydes is 1. The van der Waals surface area contributed by atoms with E-state index in [4.69, 9.17) is 16.3 Å². The molecule has 0 aliphatic carbocycles. The lowest BCUT2D eigenvalue weighted by molar-refractivity contribution is 0.0819. The minimum absolute atomic E-state index is 0.327. The predicted molar refractivity (Wildman–Crippen MR) is 69.1 cm³/mol. The number of carbonyl (C=O) groups is 1. The monoisotopic (exact) mass is 253 g/mol. The summed E-state index contributed by atoms with van der Waals surface area (Å²) in [5, 5.41) is 0.644. The van der Waals surface area contributed by atoms with Crippen LogP contribution in [0, 0.1) is 0 Å². The number of hydrogen-bond acceptors (Lipinski definition) is 3. The summed E-state index contributed by atoms with van der Waals surface area (Å²) < 4.78 is 5.33. The molecule has 1 aromatic carbocycles. The van der Waals surface area contributed by atoms with Gasteiger partial charge < -0.3 is 9.64 Å². The topological polar surface area (TPSA) is 29.5 Å². The first-order chi connectivity index (χ1) is 8.26. The molecule has 0 bridgehead atoms. The van der Waals surface area contributed by atoms with E-state index in [0.717, 1.165) is 37.9 Å². The van der Waals surface area contributed by atoms with Gasteiger partial charge in [-0.2, -0.15) is 0 Å². The van der Waals surface area contributed by atoms with Crippen LogP contribution in [0.3, 0.4) is 0 Å². The van der Waals surface area contributed by atoms with Gasteiger partial charge in [-0.25, -0.2) is 0 Å². The average molecular weight is 254 g/mol. The molecule has 17 heavy (non-hydrogen) atoms. The summed E-state index contributed by atoms with van der Waals surface area (Å²) in [5.41, 5.74) is 1.52. The van der Waals surface area contributed by atoms with Crippen molar-refractivity contribution < 1.29 is 9.53 Å². The first-order valence-corrected chi connectivity index (χ1v) is 6.15. The molecule has 1 aliphatic rings. The molecule has 0 amide bonds. The van der Waals surface area contributed by atoms with Crippen LogP contribution in [0.1, 0.15) is 23.2 Å². The largest absolute Gasteiger partial charge is 0.381 e. The molecule has 1 fully saturated rings. The molecule has 1 aromatic rings. The highest BCUT2D eigenvalue weighted by atomic mass is 35.5. The first kappa shape index (κ1) is 12.4. The molecule has 2 rings (SSSR count). The lowest BCUT2D eigenvalue weighted by Gasteiger charge is -2.34. The molecular formula is C13H16ClNO2. The Morgan fingerprint density at radius 3 is 2.71 bits per heavy atom. The van der Waals surface area contributed by atoms with Gasteiger partial charge in [0.25, 0.3) is 0 Å². The molecular weight excluding hydrogens is 238 g/mol. The smallest absolute Gasteiger partial charge is 0.152 e. The number of nitrogens with zero attached hydrogens (tertiary/aromatic N) is 1. The third kappa shape index (κ3) is 2.61. The van der Waals surface area contributed by atoms with Gasteiger partial charge in [0.2, 0.25) is 0 Å². The van der Waals surface area contributed by atoms with E-state index in [-0.39, 0.29) is 0 Å². The quantitative estimate of drug-likeness (QED) is 0.776. The van der Waals surface area contributed by atoms with Crippen LogP contribution in [-0.4, -0.2) is 32.6 Å². The third-order valence-electron chi connectivity index (χ3n) is 3.24. The Bertz CT molecular complexity index is 400. The van der Waals surface area contributed by atoms with Crippen LogP contribution >= 0.6 is 11.6 Å². The fourth-order valence-electron chi connectivity index (χ4n) is 2.28. The Morgan fingerprint density at radius 1 is 1.41 bits per heavy atom. The van der Waals surface area contributed by atoms with E-state index in [1.807, 2.05) is 6.07 Å². The summed E-state index contributed by atoms with van der Waals surface area (Å²) in [4.78, 5) is 13.2.